The number of nitro groups is 1. The Hall–Kier alpha value is -2.44. The topological polar surface area (TPSA) is 89.8 Å². The van der Waals surface area contributed by atoms with E-state index in [9.17, 15) is 19.7 Å². The normalized spacial score (nSPS) is 10.1. The number of rotatable bonds is 8. The largest absolute Gasteiger partial charge is 0.464 e. The number of benzene rings is 1. The van der Waals surface area contributed by atoms with Crippen molar-refractivity contribution in [2.45, 2.75) is 26.2 Å². The molecule has 0 unspecified atom stereocenters. The highest BCUT2D eigenvalue weighted by Crippen LogP contribution is 2.13. The first kappa shape index (κ1) is 17.6. The van der Waals surface area contributed by atoms with E-state index in [1.54, 1.807) is 0 Å². The van der Waals surface area contributed by atoms with E-state index in [1.807, 2.05) is 0 Å². The highest BCUT2D eigenvalue weighted by atomic mass is 16.6. The zero-order valence-corrected chi connectivity index (χ0v) is 12.8. The second-order valence-corrected chi connectivity index (χ2v) is 4.89. The van der Waals surface area contributed by atoms with Gasteiger partial charge < -0.3 is 9.64 Å². The average Bonchev–Trinajstić information content (AvgIpc) is 2.50. The molecule has 0 aliphatic heterocycles. The van der Waals surface area contributed by atoms with Crippen molar-refractivity contribution in [2.75, 3.05) is 20.2 Å². The summed E-state index contributed by atoms with van der Waals surface area (Å²) in [6, 6.07) is 5.24. The minimum Gasteiger partial charge on any atom is -0.464 e. The molecule has 0 aromatic heterocycles. The third kappa shape index (κ3) is 5.51. The van der Waals surface area contributed by atoms with Crippen LogP contribution in [0.2, 0.25) is 0 Å². The number of unbranched alkanes of at least 4 members (excludes halogenated alkanes) is 2. The van der Waals surface area contributed by atoms with Crippen LogP contribution in [0.5, 0.6) is 0 Å². The molecule has 0 aliphatic rings. The van der Waals surface area contributed by atoms with Gasteiger partial charge in [0, 0.05) is 24.7 Å². The lowest BCUT2D eigenvalue weighted by Crippen LogP contribution is -2.33. The van der Waals surface area contributed by atoms with E-state index in [-0.39, 0.29) is 23.7 Å². The van der Waals surface area contributed by atoms with Gasteiger partial charge in [-0.05, 0) is 18.6 Å². The predicted molar refractivity (Wildman–Crippen MR) is 80.5 cm³/mol. The molecule has 0 N–H and O–H groups in total. The third-order valence-electron chi connectivity index (χ3n) is 3.05. The van der Waals surface area contributed by atoms with Crippen molar-refractivity contribution in [1.82, 2.24) is 4.90 Å². The Balaban J connectivity index is 2.50. The summed E-state index contributed by atoms with van der Waals surface area (Å²) in [6.45, 7) is 2.26. The van der Waals surface area contributed by atoms with Crippen molar-refractivity contribution in [3.63, 3.8) is 0 Å². The SMILES string of the molecule is CCCCCOC(=O)CN(C)C(=O)c1ccc([N+](=O)[O-])cc1. The van der Waals surface area contributed by atoms with Crippen LogP contribution in [0.3, 0.4) is 0 Å². The Labute approximate surface area is 129 Å². The number of likely N-dealkylation sites (N-methyl/N-ethyl adjacent to an activating group) is 1. The van der Waals surface area contributed by atoms with E-state index in [1.165, 1.54) is 36.2 Å². The Morgan fingerprint density at radius 3 is 2.41 bits per heavy atom. The smallest absolute Gasteiger partial charge is 0.325 e. The van der Waals surface area contributed by atoms with Crippen LogP contribution in [-0.4, -0.2) is 41.9 Å². The molecule has 0 fully saturated rings. The van der Waals surface area contributed by atoms with Gasteiger partial charge >= 0.3 is 5.97 Å². The Bertz CT molecular complexity index is 527. The average molecular weight is 308 g/mol. The van der Waals surface area contributed by atoms with Crippen molar-refractivity contribution in [3.05, 3.63) is 39.9 Å². The number of nitrogens with zero attached hydrogens (tertiary/aromatic N) is 2. The minimum absolute atomic E-state index is 0.0884. The summed E-state index contributed by atoms with van der Waals surface area (Å²) in [4.78, 5) is 34.9. The maximum absolute atomic E-state index is 12.1. The van der Waals surface area contributed by atoms with Crippen LogP contribution in [-0.2, 0) is 9.53 Å². The molecule has 120 valence electrons. The molecular weight excluding hydrogens is 288 g/mol. The van der Waals surface area contributed by atoms with E-state index in [4.69, 9.17) is 4.74 Å². The molecule has 1 rings (SSSR count). The standard InChI is InChI=1S/C15H20N2O5/c1-3-4-5-10-22-14(18)11-16(2)15(19)12-6-8-13(9-7-12)17(20)21/h6-9H,3-5,10-11H2,1-2H3. The Morgan fingerprint density at radius 1 is 1.23 bits per heavy atom. The van der Waals surface area contributed by atoms with E-state index < -0.39 is 10.9 Å². The minimum atomic E-state index is -0.536. The number of ether oxygens (including phenoxy) is 1. The lowest BCUT2D eigenvalue weighted by Gasteiger charge is -2.16. The number of hydrogen-bond acceptors (Lipinski definition) is 5. The van der Waals surface area contributed by atoms with Crippen LogP contribution in [0.25, 0.3) is 0 Å². The maximum Gasteiger partial charge on any atom is 0.325 e. The monoisotopic (exact) mass is 308 g/mol. The molecule has 0 atom stereocenters. The zero-order valence-electron chi connectivity index (χ0n) is 12.8. The molecule has 7 heteroatoms. The van der Waals surface area contributed by atoms with Crippen LogP contribution < -0.4 is 0 Å². The van der Waals surface area contributed by atoms with Gasteiger partial charge in [-0.1, -0.05) is 19.8 Å². The van der Waals surface area contributed by atoms with Crippen LogP contribution in [0.4, 0.5) is 5.69 Å². The fraction of sp³-hybridized carbons (Fsp3) is 0.467. The van der Waals surface area contributed by atoms with E-state index in [2.05, 4.69) is 6.92 Å². The van der Waals surface area contributed by atoms with Crippen molar-refractivity contribution in [3.8, 4) is 0 Å². The van der Waals surface area contributed by atoms with Gasteiger partial charge in [0.05, 0.1) is 11.5 Å². The van der Waals surface area contributed by atoms with Gasteiger partial charge in [-0.2, -0.15) is 0 Å². The van der Waals surface area contributed by atoms with Crippen LogP contribution in [0, 0.1) is 10.1 Å². The number of carbonyl (C=O) groups excluding carboxylic acids is 2. The molecule has 1 aromatic carbocycles. The molecule has 0 radical (unpaired) electrons. The first-order valence-electron chi connectivity index (χ1n) is 7.11. The number of esters is 1. The second kappa shape index (κ2) is 8.76. The predicted octanol–water partition coefficient (Wildman–Crippen LogP) is 2.40. The summed E-state index contributed by atoms with van der Waals surface area (Å²) in [5.41, 5.74) is 0.196. The maximum atomic E-state index is 12.1. The molecule has 0 saturated heterocycles. The van der Waals surface area contributed by atoms with Gasteiger partial charge in [-0.25, -0.2) is 0 Å². The molecule has 7 nitrogen and oxygen atoms in total. The third-order valence-corrected chi connectivity index (χ3v) is 3.05. The molecule has 1 aromatic rings. The molecular formula is C15H20N2O5. The molecule has 0 saturated carbocycles. The first-order chi connectivity index (χ1) is 10.5. The Morgan fingerprint density at radius 2 is 1.86 bits per heavy atom. The number of nitro benzene ring substituents is 1. The van der Waals surface area contributed by atoms with Crippen LogP contribution >= 0.6 is 0 Å². The van der Waals surface area contributed by atoms with Gasteiger partial charge in [0.25, 0.3) is 11.6 Å². The first-order valence-corrected chi connectivity index (χ1v) is 7.11. The van der Waals surface area contributed by atoms with Gasteiger partial charge in [0.2, 0.25) is 0 Å². The molecule has 0 bridgehead atoms. The van der Waals surface area contributed by atoms with E-state index in [0.717, 1.165) is 19.3 Å². The highest BCUT2D eigenvalue weighted by molar-refractivity contribution is 5.95. The van der Waals surface area contributed by atoms with Crippen molar-refractivity contribution >= 4 is 17.6 Å². The van der Waals surface area contributed by atoms with Crippen molar-refractivity contribution in [2.24, 2.45) is 0 Å². The lowest BCUT2D eigenvalue weighted by molar-refractivity contribution is -0.384. The number of non-ortho nitro benzene ring substituents is 1. The summed E-state index contributed by atoms with van der Waals surface area (Å²) >= 11 is 0. The number of carbonyl (C=O) groups is 2. The summed E-state index contributed by atoms with van der Waals surface area (Å²) in [7, 11) is 1.48. The van der Waals surface area contributed by atoms with Crippen LogP contribution in [0.15, 0.2) is 24.3 Å². The van der Waals surface area contributed by atoms with Crippen molar-refractivity contribution in [1.29, 1.82) is 0 Å². The van der Waals surface area contributed by atoms with Crippen LogP contribution in [0.1, 0.15) is 36.5 Å². The molecule has 0 heterocycles. The molecule has 1 amide bonds. The van der Waals surface area contributed by atoms with Gasteiger partial charge in [-0.3, -0.25) is 19.7 Å². The fourth-order valence-electron chi connectivity index (χ4n) is 1.80. The summed E-state index contributed by atoms with van der Waals surface area (Å²) in [6.07, 6.45) is 2.84. The molecule has 22 heavy (non-hydrogen) atoms. The van der Waals surface area contributed by atoms with Gasteiger partial charge in [-0.15, -0.1) is 0 Å². The summed E-state index contributed by atoms with van der Waals surface area (Å²) in [5.74, 6) is -0.853. The lowest BCUT2D eigenvalue weighted by atomic mass is 10.2. The quantitative estimate of drug-likeness (QED) is 0.318. The van der Waals surface area contributed by atoms with E-state index in [0.29, 0.717) is 6.61 Å². The van der Waals surface area contributed by atoms with Gasteiger partial charge in [0.1, 0.15) is 6.54 Å². The number of hydrogen-bond donors (Lipinski definition) is 0. The summed E-state index contributed by atoms with van der Waals surface area (Å²) < 4.78 is 5.03. The zero-order chi connectivity index (χ0) is 16.5. The molecule has 0 spiro atoms. The molecule has 0 aliphatic carbocycles. The second-order valence-electron chi connectivity index (χ2n) is 4.89. The highest BCUT2D eigenvalue weighted by Gasteiger charge is 2.16. The number of amides is 1. The summed E-state index contributed by atoms with van der Waals surface area (Å²) in [5, 5.41) is 10.6. The van der Waals surface area contributed by atoms with Gasteiger partial charge in [0.15, 0.2) is 0 Å². The fourth-order valence-corrected chi connectivity index (χ4v) is 1.80. The van der Waals surface area contributed by atoms with Crippen molar-refractivity contribution < 1.29 is 19.2 Å². The van der Waals surface area contributed by atoms with E-state index >= 15 is 0 Å². The Kier molecular flexibility index (Phi) is 7.01.